The standard InChI is InChI=1S/C14H25N3O2/c1-10(2)9-19-13-11(15)5-6-12(16-13)17-14(3,4)7-8-18/h5-6,10,18H,7-9,15H2,1-4H3,(H,16,17). The average molecular weight is 267 g/mol. The minimum absolute atomic E-state index is 0.131. The van der Waals surface area contributed by atoms with Crippen molar-refractivity contribution in [1.29, 1.82) is 0 Å². The van der Waals surface area contributed by atoms with Crippen molar-refractivity contribution in [2.45, 2.75) is 39.7 Å². The third-order valence-electron chi connectivity index (χ3n) is 2.65. The summed E-state index contributed by atoms with van der Waals surface area (Å²) >= 11 is 0. The Morgan fingerprint density at radius 2 is 2.11 bits per heavy atom. The van der Waals surface area contributed by atoms with E-state index in [-0.39, 0.29) is 12.1 Å². The van der Waals surface area contributed by atoms with E-state index in [1.165, 1.54) is 0 Å². The van der Waals surface area contributed by atoms with Gasteiger partial charge >= 0.3 is 0 Å². The molecule has 4 N–H and O–H groups in total. The minimum Gasteiger partial charge on any atom is -0.476 e. The van der Waals surface area contributed by atoms with Crippen molar-refractivity contribution in [1.82, 2.24) is 4.98 Å². The molecule has 19 heavy (non-hydrogen) atoms. The molecule has 108 valence electrons. The molecule has 0 saturated heterocycles. The van der Waals surface area contributed by atoms with Crippen LogP contribution in [0.25, 0.3) is 0 Å². The van der Waals surface area contributed by atoms with Crippen molar-refractivity contribution in [2.24, 2.45) is 5.92 Å². The zero-order valence-corrected chi connectivity index (χ0v) is 12.2. The smallest absolute Gasteiger partial charge is 0.239 e. The molecule has 0 bridgehead atoms. The summed E-state index contributed by atoms with van der Waals surface area (Å²) in [6, 6.07) is 3.59. The van der Waals surface area contributed by atoms with Gasteiger partial charge in [-0.2, -0.15) is 4.98 Å². The van der Waals surface area contributed by atoms with E-state index >= 15 is 0 Å². The van der Waals surface area contributed by atoms with Gasteiger partial charge in [0.15, 0.2) is 0 Å². The molecule has 0 radical (unpaired) electrons. The average Bonchev–Trinajstić information content (AvgIpc) is 2.29. The van der Waals surface area contributed by atoms with E-state index in [2.05, 4.69) is 24.1 Å². The molecule has 0 aliphatic heterocycles. The monoisotopic (exact) mass is 267 g/mol. The fourth-order valence-electron chi connectivity index (χ4n) is 1.57. The summed E-state index contributed by atoms with van der Waals surface area (Å²) in [6.07, 6.45) is 0.640. The van der Waals surface area contributed by atoms with Gasteiger partial charge in [-0.1, -0.05) is 13.8 Å². The van der Waals surface area contributed by atoms with Crippen LogP contribution in [0.5, 0.6) is 5.88 Å². The van der Waals surface area contributed by atoms with Gasteiger partial charge in [0.05, 0.1) is 12.3 Å². The molecule has 0 spiro atoms. The Hall–Kier alpha value is -1.49. The number of nitrogens with one attached hydrogen (secondary N) is 1. The zero-order chi connectivity index (χ0) is 14.5. The Labute approximate surface area is 115 Å². The quantitative estimate of drug-likeness (QED) is 0.706. The lowest BCUT2D eigenvalue weighted by molar-refractivity contribution is 0.259. The molecule has 5 nitrogen and oxygen atoms in total. The molecule has 5 heteroatoms. The van der Waals surface area contributed by atoms with Gasteiger partial charge < -0.3 is 20.9 Å². The van der Waals surface area contributed by atoms with E-state index in [1.54, 1.807) is 6.07 Å². The number of nitrogens with two attached hydrogens (primary N) is 1. The molecule has 0 amide bonds. The molecule has 0 aromatic carbocycles. The zero-order valence-electron chi connectivity index (χ0n) is 12.2. The summed E-state index contributed by atoms with van der Waals surface area (Å²) in [7, 11) is 0. The van der Waals surface area contributed by atoms with Crippen molar-refractivity contribution < 1.29 is 9.84 Å². The van der Waals surface area contributed by atoms with Crippen LogP contribution in [-0.4, -0.2) is 28.8 Å². The van der Waals surface area contributed by atoms with E-state index in [4.69, 9.17) is 15.6 Å². The van der Waals surface area contributed by atoms with Crippen LogP contribution in [0, 0.1) is 5.92 Å². The Bertz CT molecular complexity index is 406. The van der Waals surface area contributed by atoms with Gasteiger partial charge in [0.25, 0.3) is 0 Å². The number of ether oxygens (including phenoxy) is 1. The molecule has 0 aliphatic rings. The van der Waals surface area contributed by atoms with Crippen molar-refractivity contribution in [2.75, 3.05) is 24.3 Å². The maximum absolute atomic E-state index is 9.02. The first-order chi connectivity index (χ1) is 8.84. The fourth-order valence-corrected chi connectivity index (χ4v) is 1.57. The van der Waals surface area contributed by atoms with Crippen molar-refractivity contribution >= 4 is 11.5 Å². The molecule has 0 saturated carbocycles. The Morgan fingerprint density at radius 3 is 2.68 bits per heavy atom. The molecule has 1 heterocycles. The topological polar surface area (TPSA) is 80.4 Å². The maximum atomic E-state index is 9.02. The molecule has 0 unspecified atom stereocenters. The second-order valence-electron chi connectivity index (χ2n) is 5.78. The third-order valence-corrected chi connectivity index (χ3v) is 2.65. The highest BCUT2D eigenvalue weighted by Crippen LogP contribution is 2.24. The van der Waals surface area contributed by atoms with Crippen molar-refractivity contribution in [3.8, 4) is 5.88 Å². The first-order valence-electron chi connectivity index (χ1n) is 6.62. The summed E-state index contributed by atoms with van der Waals surface area (Å²) in [6.45, 7) is 8.88. The van der Waals surface area contributed by atoms with Gasteiger partial charge in [-0.3, -0.25) is 0 Å². The Kier molecular flexibility index (Phi) is 5.42. The predicted molar refractivity (Wildman–Crippen MR) is 78.4 cm³/mol. The largest absolute Gasteiger partial charge is 0.476 e. The number of aromatic nitrogens is 1. The highest BCUT2D eigenvalue weighted by molar-refractivity contribution is 5.54. The number of nitrogen functional groups attached to an aromatic ring is 1. The predicted octanol–water partition coefficient (Wildman–Crippen LogP) is 2.27. The number of nitrogens with zero attached hydrogens (tertiary/aromatic N) is 1. The van der Waals surface area contributed by atoms with Gasteiger partial charge in [-0.15, -0.1) is 0 Å². The number of aliphatic hydroxyl groups excluding tert-OH is 1. The number of rotatable bonds is 7. The van der Waals surface area contributed by atoms with Crippen molar-refractivity contribution in [3.63, 3.8) is 0 Å². The van der Waals surface area contributed by atoms with Crippen LogP contribution < -0.4 is 15.8 Å². The van der Waals surface area contributed by atoms with Gasteiger partial charge in [-0.25, -0.2) is 0 Å². The fraction of sp³-hybridized carbons (Fsp3) is 0.643. The third kappa shape index (κ3) is 5.34. The second-order valence-corrected chi connectivity index (χ2v) is 5.78. The lowest BCUT2D eigenvalue weighted by atomic mass is 10.0. The van der Waals surface area contributed by atoms with E-state index in [1.807, 2.05) is 19.9 Å². The van der Waals surface area contributed by atoms with Crippen LogP contribution in [0.15, 0.2) is 12.1 Å². The number of hydrogen-bond donors (Lipinski definition) is 3. The summed E-state index contributed by atoms with van der Waals surface area (Å²) in [5, 5.41) is 12.3. The summed E-state index contributed by atoms with van der Waals surface area (Å²) < 4.78 is 5.59. The Morgan fingerprint density at radius 1 is 1.42 bits per heavy atom. The van der Waals surface area contributed by atoms with Crippen LogP contribution >= 0.6 is 0 Å². The van der Waals surface area contributed by atoms with Gasteiger partial charge in [-0.05, 0) is 38.3 Å². The van der Waals surface area contributed by atoms with Gasteiger partial charge in [0, 0.05) is 12.1 Å². The van der Waals surface area contributed by atoms with E-state index in [9.17, 15) is 0 Å². The molecule has 1 rings (SSSR count). The molecule has 1 aromatic rings. The normalized spacial score (nSPS) is 11.7. The molecule has 0 atom stereocenters. The number of hydrogen-bond acceptors (Lipinski definition) is 5. The van der Waals surface area contributed by atoms with Crippen LogP contribution in [0.2, 0.25) is 0 Å². The summed E-state index contributed by atoms with van der Waals surface area (Å²) in [5.74, 6) is 1.58. The minimum atomic E-state index is -0.229. The lowest BCUT2D eigenvalue weighted by Gasteiger charge is -2.26. The van der Waals surface area contributed by atoms with Gasteiger partial charge in [0.2, 0.25) is 5.88 Å². The van der Waals surface area contributed by atoms with Crippen molar-refractivity contribution in [3.05, 3.63) is 12.1 Å². The van der Waals surface area contributed by atoms with Crippen LogP contribution in [0.1, 0.15) is 34.1 Å². The molecular weight excluding hydrogens is 242 g/mol. The molecular formula is C14H25N3O2. The first kappa shape index (κ1) is 15.6. The van der Waals surface area contributed by atoms with E-state index in [0.29, 0.717) is 36.3 Å². The second kappa shape index (κ2) is 6.61. The van der Waals surface area contributed by atoms with E-state index in [0.717, 1.165) is 0 Å². The maximum Gasteiger partial charge on any atom is 0.239 e. The number of aliphatic hydroxyl groups is 1. The van der Waals surface area contributed by atoms with E-state index < -0.39 is 0 Å². The molecule has 0 fully saturated rings. The number of pyridine rings is 1. The van der Waals surface area contributed by atoms with Gasteiger partial charge in [0.1, 0.15) is 5.82 Å². The van der Waals surface area contributed by atoms with Crippen LogP contribution in [0.4, 0.5) is 11.5 Å². The summed E-state index contributed by atoms with van der Waals surface area (Å²) in [5.41, 5.74) is 6.15. The highest BCUT2D eigenvalue weighted by Gasteiger charge is 2.17. The SMILES string of the molecule is CC(C)COc1nc(NC(C)(C)CCO)ccc1N. The highest BCUT2D eigenvalue weighted by atomic mass is 16.5. The number of anilines is 2. The molecule has 1 aromatic heterocycles. The van der Waals surface area contributed by atoms with Crippen LogP contribution in [-0.2, 0) is 0 Å². The first-order valence-corrected chi connectivity index (χ1v) is 6.62. The summed E-state index contributed by atoms with van der Waals surface area (Å²) in [4.78, 5) is 4.37. The van der Waals surface area contributed by atoms with Crippen LogP contribution in [0.3, 0.4) is 0 Å². The Balaban J connectivity index is 2.78. The lowest BCUT2D eigenvalue weighted by Crippen LogP contribution is -2.32. The molecule has 0 aliphatic carbocycles.